The lowest BCUT2D eigenvalue weighted by atomic mass is 9.71. The molecule has 2 aromatic carbocycles. The molecular weight excluding hydrogens is 626 g/mol. The molecule has 0 amide bonds. The largest absolute Gasteiger partial charge is 0.493 e. The third-order valence-corrected chi connectivity index (χ3v) is 11.2. The zero-order chi connectivity index (χ0) is 33.3. The van der Waals surface area contributed by atoms with Crippen LogP contribution in [-0.4, -0.2) is 81.3 Å². The minimum Gasteiger partial charge on any atom is -0.493 e. The Morgan fingerprint density at radius 2 is 1.85 bits per heavy atom. The van der Waals surface area contributed by atoms with Crippen molar-refractivity contribution in [3.8, 4) is 34.8 Å². The first kappa shape index (κ1) is 31.6. The normalized spacial score (nSPS) is 28.6. The fraction of sp³-hybridized carbons (Fsp3) is 0.500. The van der Waals surface area contributed by atoms with E-state index in [9.17, 15) is 14.9 Å². The number of fused-ring (bicyclic) bond motifs is 9. The molecule has 47 heavy (non-hydrogen) atoms. The van der Waals surface area contributed by atoms with E-state index >= 15 is 0 Å². The fourth-order valence-corrected chi connectivity index (χ4v) is 9.40. The Kier molecular flexibility index (Phi) is 8.03. The van der Waals surface area contributed by atoms with E-state index in [0.29, 0.717) is 51.9 Å². The zero-order valence-corrected chi connectivity index (χ0v) is 28.2. The number of aryl methyl sites for hydroxylation is 1. The molecule has 12 nitrogen and oxygen atoms in total. The Balaban J connectivity index is 1.57. The third-order valence-electron chi connectivity index (χ3n) is 9.94. The summed E-state index contributed by atoms with van der Waals surface area (Å²) in [5.41, 5.74) is 5.49. The number of methoxy groups -OCH3 is 2. The van der Waals surface area contributed by atoms with Gasteiger partial charge >= 0.3 is 11.9 Å². The summed E-state index contributed by atoms with van der Waals surface area (Å²) >= 11 is 1.44. The van der Waals surface area contributed by atoms with Crippen molar-refractivity contribution in [1.29, 1.82) is 5.26 Å². The number of cyclic esters (lactones) is 1. The molecule has 5 aliphatic heterocycles. The highest BCUT2D eigenvalue weighted by Gasteiger charge is 2.60. The lowest BCUT2D eigenvalue weighted by molar-refractivity contribution is -0.144. The number of carbonyl (C=O) groups excluding carboxylic acids is 2. The van der Waals surface area contributed by atoms with E-state index in [0.717, 1.165) is 22.3 Å². The molecule has 0 spiro atoms. The van der Waals surface area contributed by atoms with Crippen LogP contribution in [0.4, 0.5) is 0 Å². The number of likely N-dealkylation sites (N-methyl/N-ethyl adjacent to an activating group) is 1. The molecule has 13 heteroatoms. The molecule has 5 aliphatic rings. The van der Waals surface area contributed by atoms with E-state index in [1.165, 1.54) is 18.7 Å². The lowest BCUT2D eigenvalue weighted by Gasteiger charge is -2.61. The van der Waals surface area contributed by atoms with Crippen LogP contribution in [0.2, 0.25) is 0 Å². The number of nitriles is 1. The highest BCUT2D eigenvalue weighted by Crippen LogP contribution is 2.64. The summed E-state index contributed by atoms with van der Waals surface area (Å²) in [4.78, 5) is 30.2. The number of nitrogens with zero attached hydrogens (tertiary/aromatic N) is 3. The molecule has 0 aromatic heterocycles. The number of carbonyl (C=O) groups is 2. The minimum atomic E-state index is -0.618. The van der Waals surface area contributed by atoms with Gasteiger partial charge in [-0.3, -0.25) is 14.6 Å². The SMILES string of the molecule is COCOc1c(OC)c(C)cc2c1[C@@H]1C3[C@@H]4S/C=C(/C)C(=O)OC[C@@H](c5c6c(c(C)c(OC(C)=O)c54)OCO6)N3[C@@H](C#N)[C@H](C2)N1C. The van der Waals surface area contributed by atoms with E-state index in [1.54, 1.807) is 26.6 Å². The van der Waals surface area contributed by atoms with Crippen LogP contribution >= 0.6 is 11.8 Å². The molecule has 7 rings (SSSR count). The average molecular weight is 664 g/mol. The van der Waals surface area contributed by atoms with Crippen LogP contribution in [-0.2, 0) is 25.5 Å². The van der Waals surface area contributed by atoms with Gasteiger partial charge in [-0.15, -0.1) is 11.8 Å². The maximum Gasteiger partial charge on any atom is 0.334 e. The molecule has 6 atom stereocenters. The molecular formula is C34H37N3O9S. The van der Waals surface area contributed by atoms with E-state index < -0.39 is 35.3 Å². The number of esters is 2. The summed E-state index contributed by atoms with van der Waals surface area (Å²) in [7, 11) is 5.24. The van der Waals surface area contributed by atoms with E-state index in [-0.39, 0.29) is 32.3 Å². The summed E-state index contributed by atoms with van der Waals surface area (Å²) in [5.74, 6) is 1.68. The van der Waals surface area contributed by atoms with Crippen molar-refractivity contribution in [1.82, 2.24) is 9.80 Å². The molecule has 0 aliphatic carbocycles. The van der Waals surface area contributed by atoms with Crippen LogP contribution in [0.3, 0.4) is 0 Å². The topological polar surface area (TPSA) is 129 Å². The van der Waals surface area contributed by atoms with Gasteiger partial charge in [0.2, 0.25) is 6.79 Å². The van der Waals surface area contributed by atoms with Crippen molar-refractivity contribution in [2.45, 2.75) is 69.6 Å². The molecule has 4 bridgehead atoms. The second-order valence-electron chi connectivity index (χ2n) is 12.5. The van der Waals surface area contributed by atoms with Gasteiger partial charge < -0.3 is 33.2 Å². The van der Waals surface area contributed by atoms with E-state index in [1.807, 2.05) is 20.9 Å². The molecule has 2 aromatic rings. The smallest absolute Gasteiger partial charge is 0.334 e. The maximum atomic E-state index is 13.1. The molecule has 5 heterocycles. The summed E-state index contributed by atoms with van der Waals surface area (Å²) in [6.45, 7) is 6.88. The van der Waals surface area contributed by atoms with Gasteiger partial charge in [0.05, 0.1) is 30.5 Å². The number of rotatable bonds is 5. The van der Waals surface area contributed by atoms with Gasteiger partial charge in [0, 0.05) is 53.9 Å². The van der Waals surface area contributed by atoms with Crippen LogP contribution in [0, 0.1) is 25.2 Å². The fourth-order valence-electron chi connectivity index (χ4n) is 8.13. The molecule has 0 saturated carbocycles. The van der Waals surface area contributed by atoms with Gasteiger partial charge in [0.15, 0.2) is 29.8 Å². The molecule has 1 unspecified atom stereocenters. The van der Waals surface area contributed by atoms with Gasteiger partial charge in [-0.25, -0.2) is 4.79 Å². The Morgan fingerprint density at radius 1 is 1.09 bits per heavy atom. The Labute approximate surface area is 277 Å². The van der Waals surface area contributed by atoms with Gasteiger partial charge in [0.1, 0.15) is 18.4 Å². The number of hydrogen-bond acceptors (Lipinski definition) is 13. The summed E-state index contributed by atoms with van der Waals surface area (Å²) in [6.07, 6.45) is 0.582. The van der Waals surface area contributed by atoms with Crippen LogP contribution in [0.5, 0.6) is 28.7 Å². The van der Waals surface area contributed by atoms with Crippen molar-refractivity contribution in [2.24, 2.45) is 0 Å². The predicted molar refractivity (Wildman–Crippen MR) is 170 cm³/mol. The first-order valence-corrected chi connectivity index (χ1v) is 16.4. The Hall–Kier alpha value is -3.96. The average Bonchev–Trinajstić information content (AvgIpc) is 3.53. The first-order chi connectivity index (χ1) is 22.6. The van der Waals surface area contributed by atoms with E-state index in [4.69, 9.17) is 33.2 Å². The standard InChI is InChI=1S/C34H37N3O9S/c1-15-8-19-9-20-21(10-35)37-22-11-42-34(39)16(2)12-47-33(25-24(22)32-30(44-14-45-32)17(3)29(25)46-18(4)38)27(37)26(36(20)5)23(19)31(28(15)41-7)43-13-40-6/h8,12,20-22,26-27,33H,9,11,13-14H2,1-7H3/b16-12-/t20-,21-,22-,26+,27?,33+/m0/s1. The zero-order valence-electron chi connectivity index (χ0n) is 27.4. The van der Waals surface area contributed by atoms with Crippen molar-refractivity contribution in [2.75, 3.05) is 41.5 Å². The number of ether oxygens (including phenoxy) is 7. The number of thioether (sulfide) groups is 1. The van der Waals surface area contributed by atoms with Gasteiger partial charge in [0.25, 0.3) is 0 Å². The van der Waals surface area contributed by atoms with Crippen LogP contribution in [0.15, 0.2) is 17.0 Å². The Bertz CT molecular complexity index is 1750. The molecule has 248 valence electrons. The van der Waals surface area contributed by atoms with Crippen molar-refractivity contribution in [3.05, 3.63) is 50.4 Å². The van der Waals surface area contributed by atoms with Crippen molar-refractivity contribution >= 4 is 23.7 Å². The first-order valence-electron chi connectivity index (χ1n) is 15.5. The third kappa shape index (κ3) is 4.68. The molecule has 1 fully saturated rings. The predicted octanol–water partition coefficient (Wildman–Crippen LogP) is 4.41. The van der Waals surface area contributed by atoms with Gasteiger partial charge in [-0.1, -0.05) is 6.07 Å². The van der Waals surface area contributed by atoms with Crippen molar-refractivity contribution in [3.63, 3.8) is 0 Å². The van der Waals surface area contributed by atoms with Gasteiger partial charge in [-0.2, -0.15) is 5.26 Å². The minimum absolute atomic E-state index is 0.0126. The van der Waals surface area contributed by atoms with E-state index in [2.05, 4.69) is 21.9 Å². The second-order valence-corrected chi connectivity index (χ2v) is 13.5. The van der Waals surface area contributed by atoms with Crippen LogP contribution in [0.25, 0.3) is 0 Å². The summed E-state index contributed by atoms with van der Waals surface area (Å²) in [6, 6.07) is 2.64. The molecule has 0 N–H and O–H groups in total. The molecule has 1 saturated heterocycles. The Morgan fingerprint density at radius 3 is 2.55 bits per heavy atom. The van der Waals surface area contributed by atoms with Crippen LogP contribution < -0.4 is 23.7 Å². The second kappa shape index (κ2) is 11.9. The monoisotopic (exact) mass is 663 g/mol. The number of benzene rings is 2. The van der Waals surface area contributed by atoms with Gasteiger partial charge in [-0.05, 0) is 50.8 Å². The summed E-state index contributed by atoms with van der Waals surface area (Å²) < 4.78 is 41.7. The quantitative estimate of drug-likeness (QED) is 0.255. The highest BCUT2D eigenvalue weighted by molar-refractivity contribution is 8.02. The van der Waals surface area contributed by atoms with Crippen molar-refractivity contribution < 1.29 is 42.7 Å². The van der Waals surface area contributed by atoms with Crippen LogP contribution in [0.1, 0.15) is 64.6 Å². The number of piperazine rings is 1. The summed E-state index contributed by atoms with van der Waals surface area (Å²) in [5, 5.41) is 12.3. The number of hydrogen-bond donors (Lipinski definition) is 0. The lowest BCUT2D eigenvalue weighted by Crippen LogP contribution is -2.69. The maximum absolute atomic E-state index is 13.1. The molecule has 0 radical (unpaired) electrons. The highest BCUT2D eigenvalue weighted by atomic mass is 32.2.